The topological polar surface area (TPSA) is 73.6 Å². The highest BCUT2D eigenvalue weighted by Gasteiger charge is 2.24. The molecule has 0 aromatic carbocycles. The van der Waals surface area contributed by atoms with Gasteiger partial charge < -0.3 is 9.15 Å². The van der Waals surface area contributed by atoms with Crippen LogP contribution in [0, 0.1) is 0 Å². The summed E-state index contributed by atoms with van der Waals surface area (Å²) in [5.74, 6) is -0.515. The Morgan fingerprint density at radius 2 is 2.12 bits per heavy atom. The summed E-state index contributed by atoms with van der Waals surface area (Å²) in [6.07, 6.45) is 1.64. The molecular weight excluding hydrogens is 212 g/mol. The number of carbonyl (C=O) groups excluding carboxylic acids is 2. The predicted molar refractivity (Wildman–Crippen MR) is 53.6 cm³/mol. The fourth-order valence-electron chi connectivity index (χ4n) is 1.72. The zero-order chi connectivity index (χ0) is 11.7. The molecule has 1 aliphatic rings. The summed E-state index contributed by atoms with van der Waals surface area (Å²) in [7, 11) is 1.17. The summed E-state index contributed by atoms with van der Waals surface area (Å²) in [5.41, 5.74) is -0.650. The molecule has 0 spiro atoms. The van der Waals surface area contributed by atoms with E-state index in [1.165, 1.54) is 13.2 Å². The van der Waals surface area contributed by atoms with Crippen LogP contribution in [0.15, 0.2) is 15.3 Å². The Bertz CT molecular complexity index is 512. The van der Waals surface area contributed by atoms with Crippen LogP contribution in [0.5, 0.6) is 0 Å². The summed E-state index contributed by atoms with van der Waals surface area (Å²) in [4.78, 5) is 34.2. The third-order valence-electron chi connectivity index (χ3n) is 2.54. The molecule has 5 heteroatoms. The molecule has 0 fully saturated rings. The number of fused-ring (bicyclic) bond motifs is 1. The van der Waals surface area contributed by atoms with E-state index in [2.05, 4.69) is 4.74 Å². The maximum Gasteiger partial charge on any atom is 0.350 e. The molecule has 0 radical (unpaired) electrons. The van der Waals surface area contributed by atoms with E-state index >= 15 is 0 Å². The van der Waals surface area contributed by atoms with Crippen molar-refractivity contribution in [2.24, 2.45) is 0 Å². The molecule has 1 aliphatic carbocycles. The quantitative estimate of drug-likeness (QED) is 0.661. The van der Waals surface area contributed by atoms with E-state index in [4.69, 9.17) is 4.42 Å². The van der Waals surface area contributed by atoms with Crippen molar-refractivity contribution in [3.63, 3.8) is 0 Å². The Kier molecular flexibility index (Phi) is 2.60. The van der Waals surface area contributed by atoms with Crippen molar-refractivity contribution in [1.82, 2.24) is 0 Å². The molecule has 5 nitrogen and oxygen atoms in total. The first kappa shape index (κ1) is 10.6. The highest BCUT2D eigenvalue weighted by atomic mass is 16.5. The number of ketones is 1. The van der Waals surface area contributed by atoms with E-state index < -0.39 is 11.6 Å². The van der Waals surface area contributed by atoms with Crippen LogP contribution in [-0.4, -0.2) is 18.9 Å². The molecule has 0 unspecified atom stereocenters. The monoisotopic (exact) mass is 222 g/mol. The molecule has 0 aliphatic heterocycles. The Balaban J connectivity index is 2.59. The molecular formula is C11H10O5. The first-order chi connectivity index (χ1) is 7.63. The van der Waals surface area contributed by atoms with Crippen LogP contribution in [-0.2, 0) is 11.2 Å². The van der Waals surface area contributed by atoms with Gasteiger partial charge in [-0.2, -0.15) is 0 Å². The van der Waals surface area contributed by atoms with Crippen molar-refractivity contribution >= 4 is 11.8 Å². The van der Waals surface area contributed by atoms with E-state index in [1.54, 1.807) is 0 Å². The largest absolute Gasteiger partial charge is 0.465 e. The fourth-order valence-corrected chi connectivity index (χ4v) is 1.72. The lowest BCUT2D eigenvalue weighted by molar-refractivity contribution is 0.0595. The predicted octanol–water partition coefficient (Wildman–Crippen LogP) is 0.945. The Morgan fingerprint density at radius 3 is 2.81 bits per heavy atom. The number of esters is 1. The maximum absolute atomic E-state index is 11.5. The number of rotatable bonds is 1. The van der Waals surface area contributed by atoms with Crippen LogP contribution in [0.4, 0.5) is 0 Å². The molecule has 0 amide bonds. The van der Waals surface area contributed by atoms with Gasteiger partial charge in [0.2, 0.25) is 0 Å². The highest BCUT2D eigenvalue weighted by molar-refractivity contribution is 6.00. The lowest BCUT2D eigenvalue weighted by Crippen LogP contribution is -2.21. The van der Waals surface area contributed by atoms with Crippen molar-refractivity contribution in [3.8, 4) is 0 Å². The molecule has 0 saturated carbocycles. The lowest BCUT2D eigenvalue weighted by Gasteiger charge is -2.12. The van der Waals surface area contributed by atoms with Gasteiger partial charge >= 0.3 is 11.6 Å². The van der Waals surface area contributed by atoms with E-state index in [-0.39, 0.29) is 11.3 Å². The minimum Gasteiger partial charge on any atom is -0.465 e. The van der Waals surface area contributed by atoms with Gasteiger partial charge in [-0.3, -0.25) is 4.79 Å². The molecule has 0 N–H and O–H groups in total. The van der Waals surface area contributed by atoms with Crippen LogP contribution in [0.25, 0.3) is 0 Å². The summed E-state index contributed by atoms with van der Waals surface area (Å²) >= 11 is 0. The van der Waals surface area contributed by atoms with Crippen LogP contribution >= 0.6 is 0 Å². The normalized spacial score (nSPS) is 14.4. The van der Waals surface area contributed by atoms with E-state index in [1.807, 2.05) is 0 Å². The lowest BCUT2D eigenvalue weighted by atomic mass is 9.95. The zero-order valence-electron chi connectivity index (χ0n) is 8.74. The van der Waals surface area contributed by atoms with Crippen molar-refractivity contribution in [2.45, 2.75) is 19.3 Å². The third-order valence-corrected chi connectivity index (χ3v) is 2.54. The number of ether oxygens (including phenoxy) is 1. The SMILES string of the molecule is COC(=O)c1cc2c(oc1=O)CCCC2=O. The van der Waals surface area contributed by atoms with E-state index in [0.717, 1.165) is 0 Å². The average molecular weight is 222 g/mol. The van der Waals surface area contributed by atoms with Crippen LogP contribution in [0.1, 0.15) is 39.3 Å². The van der Waals surface area contributed by atoms with Crippen LogP contribution in [0.3, 0.4) is 0 Å². The second kappa shape index (κ2) is 3.92. The summed E-state index contributed by atoms with van der Waals surface area (Å²) in [6, 6.07) is 1.27. The fraction of sp³-hybridized carbons (Fsp3) is 0.364. The minimum absolute atomic E-state index is 0.102. The van der Waals surface area contributed by atoms with Gasteiger partial charge in [0.15, 0.2) is 5.78 Å². The van der Waals surface area contributed by atoms with Crippen LogP contribution in [0.2, 0.25) is 0 Å². The van der Waals surface area contributed by atoms with Gasteiger partial charge in [-0.05, 0) is 12.5 Å². The van der Waals surface area contributed by atoms with Gasteiger partial charge in [0.25, 0.3) is 0 Å². The molecule has 1 aromatic rings. The van der Waals surface area contributed by atoms with Gasteiger partial charge in [-0.15, -0.1) is 0 Å². The zero-order valence-corrected chi connectivity index (χ0v) is 8.74. The van der Waals surface area contributed by atoms with Gasteiger partial charge in [-0.25, -0.2) is 9.59 Å². The molecule has 84 valence electrons. The van der Waals surface area contributed by atoms with Crippen molar-refractivity contribution < 1.29 is 18.7 Å². The molecule has 2 rings (SSSR count). The number of hydrogen-bond acceptors (Lipinski definition) is 5. The number of Topliss-reactive ketones (excluding diaryl/α,β-unsaturated/α-hetero) is 1. The molecule has 0 atom stereocenters. The van der Waals surface area contributed by atoms with Crippen molar-refractivity contribution in [3.05, 3.63) is 33.4 Å². The molecule has 0 saturated heterocycles. The highest BCUT2D eigenvalue weighted by Crippen LogP contribution is 2.20. The first-order valence-corrected chi connectivity index (χ1v) is 4.92. The van der Waals surface area contributed by atoms with Crippen molar-refractivity contribution in [1.29, 1.82) is 0 Å². The Hall–Kier alpha value is -1.91. The standard InChI is InChI=1S/C11H10O5/c1-15-10(13)7-5-6-8(12)3-2-4-9(6)16-11(7)14/h5H,2-4H2,1H3. The summed E-state index contributed by atoms with van der Waals surface area (Å²) in [6.45, 7) is 0. The number of aryl methyl sites for hydroxylation is 1. The van der Waals surface area contributed by atoms with Crippen molar-refractivity contribution in [2.75, 3.05) is 7.11 Å². The second-order valence-electron chi connectivity index (χ2n) is 3.55. The van der Waals surface area contributed by atoms with Crippen LogP contribution < -0.4 is 5.63 Å². The third kappa shape index (κ3) is 1.64. The Labute approximate surface area is 91.0 Å². The van der Waals surface area contributed by atoms with Gasteiger partial charge in [0.1, 0.15) is 11.3 Å². The molecule has 0 bridgehead atoms. The van der Waals surface area contributed by atoms with E-state index in [9.17, 15) is 14.4 Å². The number of hydrogen-bond donors (Lipinski definition) is 0. The summed E-state index contributed by atoms with van der Waals surface area (Å²) < 4.78 is 9.38. The Morgan fingerprint density at radius 1 is 1.38 bits per heavy atom. The van der Waals surface area contributed by atoms with Gasteiger partial charge in [-0.1, -0.05) is 0 Å². The second-order valence-corrected chi connectivity index (χ2v) is 3.55. The maximum atomic E-state index is 11.5. The van der Waals surface area contributed by atoms with Gasteiger partial charge in [0.05, 0.1) is 12.7 Å². The smallest absolute Gasteiger partial charge is 0.350 e. The molecule has 1 aromatic heterocycles. The number of methoxy groups -OCH3 is 1. The van der Waals surface area contributed by atoms with E-state index in [0.29, 0.717) is 30.6 Å². The minimum atomic E-state index is -0.782. The first-order valence-electron chi connectivity index (χ1n) is 4.92. The summed E-state index contributed by atoms with van der Waals surface area (Å²) in [5, 5.41) is 0. The molecule has 1 heterocycles. The van der Waals surface area contributed by atoms with Gasteiger partial charge in [0, 0.05) is 12.8 Å². The number of carbonyl (C=O) groups is 2. The average Bonchev–Trinajstić information content (AvgIpc) is 2.28. The molecule has 16 heavy (non-hydrogen) atoms.